The predicted molar refractivity (Wildman–Crippen MR) is 195 cm³/mol. The van der Waals surface area contributed by atoms with Crippen molar-refractivity contribution in [3.05, 3.63) is 90.3 Å². The number of carbonyl (C=O) groups is 1. The zero-order valence-electron chi connectivity index (χ0n) is 28.4. The van der Waals surface area contributed by atoms with Crippen LogP contribution in [0.4, 0.5) is 20.3 Å². The summed E-state index contributed by atoms with van der Waals surface area (Å²) in [5.74, 6) is -0.154. The van der Waals surface area contributed by atoms with Gasteiger partial charge in [0.05, 0.1) is 28.5 Å². The van der Waals surface area contributed by atoms with Crippen LogP contribution in [0.15, 0.2) is 52.1 Å². The lowest BCUT2D eigenvalue weighted by atomic mass is 9.99. The van der Waals surface area contributed by atoms with Gasteiger partial charge in [0.1, 0.15) is 11.2 Å². The van der Waals surface area contributed by atoms with Crippen LogP contribution in [0.1, 0.15) is 42.3 Å². The van der Waals surface area contributed by atoms with E-state index in [0.717, 1.165) is 59.0 Å². The van der Waals surface area contributed by atoms with Gasteiger partial charge < -0.3 is 15.4 Å². The van der Waals surface area contributed by atoms with Crippen molar-refractivity contribution in [2.24, 2.45) is 20.0 Å². The maximum atomic E-state index is 13.9. The largest absolute Gasteiger partial charge is 0.481 e. The fraction of sp³-hybridized carbons (Fsp3) is 0.333. The summed E-state index contributed by atoms with van der Waals surface area (Å²) in [5, 5.41) is 6.16. The van der Waals surface area contributed by atoms with E-state index in [9.17, 15) is 23.2 Å². The van der Waals surface area contributed by atoms with E-state index < -0.39 is 23.5 Å². The number of halogens is 4. The van der Waals surface area contributed by atoms with E-state index in [4.69, 9.17) is 32.9 Å². The molecule has 0 spiro atoms. The fourth-order valence-electron chi connectivity index (χ4n) is 7.33. The van der Waals surface area contributed by atoms with Gasteiger partial charge in [-0.15, -0.1) is 0 Å². The van der Waals surface area contributed by atoms with Crippen LogP contribution < -0.4 is 26.6 Å². The molecule has 2 N–H and O–H groups in total. The summed E-state index contributed by atoms with van der Waals surface area (Å²) < 4.78 is 35.5. The van der Waals surface area contributed by atoms with Crippen molar-refractivity contribution < 1.29 is 18.3 Å². The van der Waals surface area contributed by atoms with Crippen molar-refractivity contribution in [1.29, 1.82) is 0 Å². The van der Waals surface area contributed by atoms with Crippen LogP contribution in [0.2, 0.25) is 10.0 Å². The van der Waals surface area contributed by atoms with Crippen molar-refractivity contribution in [3.8, 4) is 28.3 Å². The Morgan fingerprint density at radius 2 is 1.73 bits per heavy atom. The number of carbonyl (C=O) groups excluding carboxylic acids is 1. The standard InChI is InChI=1S/C36H34Cl2F2N8O4/c1-46-33-27(35(50)47(2)36(46)51)31(44-32(45-33)30(39)40)42-23-9-5-7-21(29(23)38)20-6-4-8-22(28(20)37)24-14-19-10-11-25(26(19)34(43-24)52-3)48-13-12-18(16-48)15-41-17-49/h4-9,14,17-18,25,30H,10-13,15-16H2,1-3H3,(H,41,49)(H,42,44,45)/t18?,25-/m1/s1. The molecule has 2 aromatic carbocycles. The number of alkyl halides is 2. The number of hydrogen-bond acceptors (Lipinski definition) is 9. The minimum absolute atomic E-state index is 0.158. The number of fused-ring (bicyclic) bond motifs is 2. The summed E-state index contributed by atoms with van der Waals surface area (Å²) in [6.07, 6.45) is 0.451. The molecule has 4 heterocycles. The lowest BCUT2D eigenvalue weighted by molar-refractivity contribution is -0.109. The highest BCUT2D eigenvalue weighted by molar-refractivity contribution is 6.39. The van der Waals surface area contributed by atoms with Crippen LogP contribution in [0, 0.1) is 5.92 Å². The summed E-state index contributed by atoms with van der Waals surface area (Å²) in [5.41, 5.74) is 3.13. The third kappa shape index (κ3) is 6.18. The number of benzene rings is 2. The van der Waals surface area contributed by atoms with Crippen molar-refractivity contribution in [2.45, 2.75) is 31.7 Å². The number of pyridine rings is 1. The normalized spacial score (nSPS) is 17.2. The van der Waals surface area contributed by atoms with Crippen molar-refractivity contribution in [3.63, 3.8) is 0 Å². The number of hydrogen-bond donors (Lipinski definition) is 2. The van der Waals surface area contributed by atoms with E-state index in [1.807, 2.05) is 12.1 Å². The molecule has 0 saturated carbocycles. The molecular weight excluding hydrogens is 717 g/mol. The highest BCUT2D eigenvalue weighted by Crippen LogP contribution is 2.46. The molecule has 2 aliphatic rings. The maximum absolute atomic E-state index is 13.9. The van der Waals surface area contributed by atoms with Gasteiger partial charge in [0, 0.05) is 55.5 Å². The first-order valence-electron chi connectivity index (χ1n) is 16.6. The molecule has 1 aliphatic heterocycles. The molecule has 1 aliphatic carbocycles. The zero-order chi connectivity index (χ0) is 36.8. The van der Waals surface area contributed by atoms with Gasteiger partial charge in [-0.2, -0.15) is 0 Å². The van der Waals surface area contributed by atoms with Crippen LogP contribution in [0.25, 0.3) is 33.4 Å². The number of nitrogens with zero attached hydrogens (tertiary/aromatic N) is 6. The summed E-state index contributed by atoms with van der Waals surface area (Å²) >= 11 is 14.1. The van der Waals surface area contributed by atoms with E-state index in [0.29, 0.717) is 45.7 Å². The number of rotatable bonds is 10. The average molecular weight is 752 g/mol. The number of aromatic nitrogens is 5. The summed E-state index contributed by atoms with van der Waals surface area (Å²) in [7, 11) is 4.22. The fourth-order valence-corrected chi connectivity index (χ4v) is 7.93. The van der Waals surface area contributed by atoms with Gasteiger partial charge in [0.15, 0.2) is 11.5 Å². The van der Waals surface area contributed by atoms with E-state index in [1.165, 1.54) is 14.1 Å². The zero-order valence-corrected chi connectivity index (χ0v) is 29.9. The number of aryl methyl sites for hydroxylation is 2. The summed E-state index contributed by atoms with van der Waals surface area (Å²) in [4.78, 5) is 51.7. The summed E-state index contributed by atoms with van der Waals surface area (Å²) in [6.45, 7) is 2.47. The number of nitrogens with one attached hydrogen (secondary N) is 2. The molecule has 3 aromatic heterocycles. The smallest absolute Gasteiger partial charge is 0.332 e. The lowest BCUT2D eigenvalue weighted by Gasteiger charge is -2.26. The van der Waals surface area contributed by atoms with Crippen molar-refractivity contribution in [2.75, 3.05) is 32.1 Å². The average Bonchev–Trinajstić information content (AvgIpc) is 3.80. The highest BCUT2D eigenvalue weighted by Gasteiger charge is 2.36. The molecule has 5 aromatic rings. The maximum Gasteiger partial charge on any atom is 0.332 e. The van der Waals surface area contributed by atoms with E-state index >= 15 is 0 Å². The first kappa shape index (κ1) is 35.5. The van der Waals surface area contributed by atoms with E-state index in [-0.39, 0.29) is 33.6 Å². The molecule has 52 heavy (non-hydrogen) atoms. The Bertz CT molecular complexity index is 2350. The van der Waals surface area contributed by atoms with Gasteiger partial charge in [0.25, 0.3) is 12.0 Å². The van der Waals surface area contributed by atoms with Crippen LogP contribution >= 0.6 is 23.2 Å². The second kappa shape index (κ2) is 14.2. The number of methoxy groups -OCH3 is 1. The molecule has 1 fully saturated rings. The number of anilines is 2. The summed E-state index contributed by atoms with van der Waals surface area (Å²) in [6, 6.07) is 12.8. The molecule has 1 amide bonds. The van der Waals surface area contributed by atoms with Crippen LogP contribution in [0.5, 0.6) is 5.88 Å². The second-order valence-electron chi connectivity index (χ2n) is 12.9. The Morgan fingerprint density at radius 3 is 2.46 bits per heavy atom. The Morgan fingerprint density at radius 1 is 1.00 bits per heavy atom. The van der Waals surface area contributed by atoms with E-state index in [2.05, 4.69) is 31.6 Å². The highest BCUT2D eigenvalue weighted by atomic mass is 35.5. The monoisotopic (exact) mass is 750 g/mol. The first-order valence-corrected chi connectivity index (χ1v) is 17.4. The molecule has 1 saturated heterocycles. The number of amides is 1. The van der Waals surface area contributed by atoms with Crippen molar-refractivity contribution >= 4 is 52.2 Å². The second-order valence-corrected chi connectivity index (χ2v) is 13.7. The molecule has 12 nitrogen and oxygen atoms in total. The van der Waals surface area contributed by atoms with Crippen molar-refractivity contribution in [1.82, 2.24) is 34.3 Å². The topological polar surface area (TPSA) is 136 Å². The Kier molecular flexibility index (Phi) is 9.72. The SMILES string of the molecule is COc1nc(-c2cccc(-c3cccc(Nc4nc(C(F)F)nc5c4c(=O)n(C)c(=O)n5C)c3Cl)c2Cl)cc2c1[C@H](N1CCC(CNC=O)C1)CC2. The quantitative estimate of drug-likeness (QED) is 0.170. The molecule has 1 unspecified atom stereocenters. The molecule has 0 bridgehead atoms. The third-order valence-electron chi connectivity index (χ3n) is 9.90. The van der Waals surface area contributed by atoms with Gasteiger partial charge in [-0.25, -0.2) is 28.5 Å². The number of likely N-dealkylation sites (tertiary alicyclic amines) is 1. The van der Waals surface area contributed by atoms with Gasteiger partial charge in [-0.1, -0.05) is 53.5 Å². The van der Waals surface area contributed by atoms with Crippen LogP contribution in [-0.4, -0.2) is 62.1 Å². The molecular formula is C36H34Cl2F2N8O4. The van der Waals surface area contributed by atoms with Crippen LogP contribution in [0.3, 0.4) is 0 Å². The first-order chi connectivity index (χ1) is 25.0. The van der Waals surface area contributed by atoms with E-state index in [1.54, 1.807) is 31.4 Å². The minimum Gasteiger partial charge on any atom is -0.481 e. The third-order valence-corrected chi connectivity index (χ3v) is 10.7. The molecule has 270 valence electrons. The van der Waals surface area contributed by atoms with Gasteiger partial charge >= 0.3 is 5.69 Å². The Balaban J connectivity index is 1.25. The lowest BCUT2D eigenvalue weighted by Crippen LogP contribution is -2.38. The molecule has 7 rings (SSSR count). The van der Waals surface area contributed by atoms with Gasteiger partial charge in [-0.3, -0.25) is 23.6 Å². The van der Waals surface area contributed by atoms with Gasteiger partial charge in [-0.05, 0) is 49.4 Å². The minimum atomic E-state index is -3.07. The molecule has 0 radical (unpaired) electrons. The predicted octanol–water partition coefficient (Wildman–Crippen LogP) is 5.81. The van der Waals surface area contributed by atoms with Crippen LogP contribution in [-0.2, 0) is 25.3 Å². The Hall–Kier alpha value is -4.92. The molecule has 16 heteroatoms. The molecule has 2 atom stereocenters. The Labute approximate surface area is 306 Å². The number of ether oxygens (including phenoxy) is 1. The van der Waals surface area contributed by atoms with Gasteiger partial charge in [0.2, 0.25) is 12.3 Å².